The number of sulfonamides is 1. The molecular weight excluding hydrogens is 462 g/mol. The van der Waals surface area contributed by atoms with Gasteiger partial charge >= 0.3 is 0 Å². The lowest BCUT2D eigenvalue weighted by Crippen LogP contribution is -2.51. The normalized spacial score (nSPS) is 12.3. The van der Waals surface area contributed by atoms with E-state index >= 15 is 0 Å². The molecule has 0 aliphatic heterocycles. The van der Waals surface area contributed by atoms with Gasteiger partial charge in [0.25, 0.3) is 0 Å². The smallest absolute Gasteiger partial charge is 0.244 e. The number of anilines is 1. The summed E-state index contributed by atoms with van der Waals surface area (Å²) < 4.78 is 26.1. The third-order valence-corrected chi connectivity index (χ3v) is 6.72. The Balaban J connectivity index is 2.36. The fraction of sp³-hybridized carbons (Fsp3) is 0.417. The maximum atomic E-state index is 13.4. The molecule has 0 bridgehead atoms. The van der Waals surface area contributed by atoms with Crippen LogP contribution in [0.1, 0.15) is 31.9 Å². The van der Waals surface area contributed by atoms with E-state index in [-0.39, 0.29) is 24.1 Å². The van der Waals surface area contributed by atoms with Crippen molar-refractivity contribution in [3.63, 3.8) is 0 Å². The minimum atomic E-state index is -3.79. The Bertz CT molecular complexity index is 1070. The maximum absolute atomic E-state index is 13.4. The van der Waals surface area contributed by atoms with Crippen LogP contribution in [0.2, 0.25) is 5.02 Å². The van der Waals surface area contributed by atoms with Gasteiger partial charge in [0, 0.05) is 18.1 Å². The van der Waals surface area contributed by atoms with Gasteiger partial charge in [0.15, 0.2) is 0 Å². The van der Waals surface area contributed by atoms with Crippen molar-refractivity contribution < 1.29 is 18.0 Å². The van der Waals surface area contributed by atoms with E-state index in [2.05, 4.69) is 5.32 Å². The highest BCUT2D eigenvalue weighted by Crippen LogP contribution is 2.25. The number of nitrogens with zero attached hydrogens (tertiary/aromatic N) is 2. The predicted octanol–water partition coefficient (Wildman–Crippen LogP) is 3.60. The first kappa shape index (κ1) is 26.7. The Hall–Kier alpha value is -2.58. The van der Waals surface area contributed by atoms with Gasteiger partial charge in [0.1, 0.15) is 12.6 Å². The average molecular weight is 494 g/mol. The summed E-state index contributed by atoms with van der Waals surface area (Å²) in [6, 6.07) is 13.3. The van der Waals surface area contributed by atoms with Crippen LogP contribution < -0.4 is 9.62 Å². The number of carbonyl (C=O) groups excluding carboxylic acids is 2. The monoisotopic (exact) mass is 493 g/mol. The van der Waals surface area contributed by atoms with Crippen molar-refractivity contribution in [2.75, 3.05) is 23.7 Å². The molecule has 0 spiro atoms. The fourth-order valence-electron chi connectivity index (χ4n) is 3.17. The number of nitrogens with one attached hydrogen (secondary N) is 1. The van der Waals surface area contributed by atoms with Gasteiger partial charge in [-0.2, -0.15) is 0 Å². The molecule has 9 heteroatoms. The molecule has 1 unspecified atom stereocenters. The molecule has 0 saturated heterocycles. The molecule has 0 saturated carbocycles. The average Bonchev–Trinajstić information content (AvgIpc) is 2.75. The summed E-state index contributed by atoms with van der Waals surface area (Å²) in [5, 5.41) is 3.25. The van der Waals surface area contributed by atoms with Crippen LogP contribution in [0.15, 0.2) is 48.5 Å². The van der Waals surface area contributed by atoms with Crippen molar-refractivity contribution >= 4 is 39.1 Å². The molecule has 7 nitrogen and oxygen atoms in total. The highest BCUT2D eigenvalue weighted by Gasteiger charge is 2.30. The molecule has 180 valence electrons. The van der Waals surface area contributed by atoms with E-state index in [1.165, 1.54) is 11.0 Å². The van der Waals surface area contributed by atoms with Crippen LogP contribution in [0.25, 0.3) is 0 Å². The molecule has 2 aromatic rings. The summed E-state index contributed by atoms with van der Waals surface area (Å²) >= 11 is 6.20. The Morgan fingerprint density at radius 2 is 1.70 bits per heavy atom. The Kier molecular flexibility index (Phi) is 9.31. The Morgan fingerprint density at radius 1 is 1.06 bits per heavy atom. The first-order chi connectivity index (χ1) is 15.4. The van der Waals surface area contributed by atoms with E-state index in [9.17, 15) is 18.0 Å². The minimum absolute atomic E-state index is 0.169. The summed E-state index contributed by atoms with van der Waals surface area (Å²) in [4.78, 5) is 27.6. The van der Waals surface area contributed by atoms with Crippen LogP contribution in [0.5, 0.6) is 0 Å². The van der Waals surface area contributed by atoms with E-state index < -0.39 is 28.5 Å². The van der Waals surface area contributed by atoms with Crippen LogP contribution in [0.4, 0.5) is 5.69 Å². The molecule has 0 fully saturated rings. The molecule has 0 aliphatic rings. The van der Waals surface area contributed by atoms with Crippen LogP contribution in [0.3, 0.4) is 0 Å². The van der Waals surface area contributed by atoms with Gasteiger partial charge in [-0.05, 0) is 43.0 Å². The lowest BCUT2D eigenvalue weighted by atomic mass is 10.1. The van der Waals surface area contributed by atoms with Crippen LogP contribution >= 0.6 is 11.6 Å². The first-order valence-corrected chi connectivity index (χ1v) is 13.0. The molecule has 2 rings (SSSR count). The molecule has 2 aromatic carbocycles. The second-order valence-corrected chi connectivity index (χ2v) is 10.8. The van der Waals surface area contributed by atoms with Crippen molar-refractivity contribution in [1.29, 1.82) is 0 Å². The van der Waals surface area contributed by atoms with Crippen LogP contribution in [-0.4, -0.2) is 50.5 Å². The van der Waals surface area contributed by atoms with Crippen molar-refractivity contribution in [1.82, 2.24) is 10.2 Å². The van der Waals surface area contributed by atoms with Gasteiger partial charge in [-0.25, -0.2) is 8.42 Å². The highest BCUT2D eigenvalue weighted by atomic mass is 35.5. The summed E-state index contributed by atoms with van der Waals surface area (Å²) in [7, 11) is -3.79. The van der Waals surface area contributed by atoms with E-state index in [0.717, 1.165) is 21.7 Å². The SMILES string of the molecule is Cc1ccc(N(CC(=O)N(Cc2ccccc2)C(C)C(=O)NCC(C)C)S(C)(=O)=O)cc1Cl. The van der Waals surface area contributed by atoms with Gasteiger partial charge < -0.3 is 10.2 Å². The lowest BCUT2D eigenvalue weighted by molar-refractivity contribution is -0.139. The first-order valence-electron chi connectivity index (χ1n) is 10.7. The van der Waals surface area contributed by atoms with Gasteiger partial charge in [0.05, 0.1) is 11.9 Å². The van der Waals surface area contributed by atoms with Crippen LogP contribution in [0, 0.1) is 12.8 Å². The molecule has 33 heavy (non-hydrogen) atoms. The molecular formula is C24H32ClN3O4S. The summed E-state index contributed by atoms with van der Waals surface area (Å²) in [6.45, 7) is 7.61. The van der Waals surface area contributed by atoms with Gasteiger partial charge in [-0.3, -0.25) is 13.9 Å². The van der Waals surface area contributed by atoms with Gasteiger partial charge in [-0.1, -0.05) is 61.8 Å². The molecule has 0 aliphatic carbocycles. The topological polar surface area (TPSA) is 86.8 Å². The van der Waals surface area contributed by atoms with Gasteiger partial charge in [0.2, 0.25) is 21.8 Å². The van der Waals surface area contributed by atoms with Crippen molar-refractivity contribution in [2.24, 2.45) is 5.92 Å². The number of rotatable bonds is 10. The molecule has 1 N–H and O–H groups in total. The Morgan fingerprint density at radius 3 is 2.24 bits per heavy atom. The summed E-state index contributed by atoms with van der Waals surface area (Å²) in [6.07, 6.45) is 1.04. The Labute approximate surface area is 201 Å². The summed E-state index contributed by atoms with van der Waals surface area (Å²) in [5.41, 5.74) is 1.91. The van der Waals surface area contributed by atoms with E-state index in [0.29, 0.717) is 11.6 Å². The van der Waals surface area contributed by atoms with Crippen LogP contribution in [-0.2, 0) is 26.2 Å². The second kappa shape index (κ2) is 11.5. The lowest BCUT2D eigenvalue weighted by Gasteiger charge is -2.31. The number of halogens is 1. The maximum Gasteiger partial charge on any atom is 0.244 e. The van der Waals surface area contributed by atoms with Crippen molar-refractivity contribution in [3.8, 4) is 0 Å². The number of benzene rings is 2. The van der Waals surface area contributed by atoms with Crippen molar-refractivity contribution in [2.45, 2.75) is 40.3 Å². The van der Waals surface area contributed by atoms with Gasteiger partial charge in [-0.15, -0.1) is 0 Å². The number of hydrogen-bond acceptors (Lipinski definition) is 4. The fourth-order valence-corrected chi connectivity index (χ4v) is 4.18. The number of hydrogen-bond donors (Lipinski definition) is 1. The number of aryl methyl sites for hydroxylation is 1. The zero-order valence-electron chi connectivity index (χ0n) is 19.7. The third-order valence-electron chi connectivity index (χ3n) is 5.17. The highest BCUT2D eigenvalue weighted by molar-refractivity contribution is 7.92. The minimum Gasteiger partial charge on any atom is -0.354 e. The molecule has 2 amide bonds. The molecule has 0 heterocycles. The standard InChI is InChI=1S/C24H32ClN3O4S/c1-17(2)14-26-24(30)19(4)27(15-20-9-7-6-8-10-20)23(29)16-28(33(5,31)32)21-12-11-18(3)22(25)13-21/h6-13,17,19H,14-16H2,1-5H3,(H,26,30). The molecule has 0 aromatic heterocycles. The van der Waals surface area contributed by atoms with E-state index in [4.69, 9.17) is 11.6 Å². The largest absolute Gasteiger partial charge is 0.354 e. The molecule has 1 atom stereocenters. The molecule has 0 radical (unpaired) electrons. The second-order valence-electron chi connectivity index (χ2n) is 8.53. The van der Waals surface area contributed by atoms with Crippen molar-refractivity contribution in [3.05, 3.63) is 64.7 Å². The summed E-state index contributed by atoms with van der Waals surface area (Å²) in [5.74, 6) is -0.531. The predicted molar refractivity (Wildman–Crippen MR) is 133 cm³/mol. The number of amides is 2. The zero-order chi connectivity index (χ0) is 24.8. The van der Waals surface area contributed by atoms with E-state index in [1.807, 2.05) is 44.2 Å². The quantitative estimate of drug-likeness (QED) is 0.547. The van der Waals surface area contributed by atoms with E-state index in [1.54, 1.807) is 26.0 Å². The number of carbonyl (C=O) groups is 2. The third kappa shape index (κ3) is 7.75. The zero-order valence-corrected chi connectivity index (χ0v) is 21.3.